The van der Waals surface area contributed by atoms with Crippen LogP contribution in [0, 0.1) is 5.41 Å². The molecule has 3 atom stereocenters. The first-order valence-corrected chi connectivity index (χ1v) is 10.7. The van der Waals surface area contributed by atoms with Crippen LogP contribution in [-0.4, -0.2) is 34.9 Å². The van der Waals surface area contributed by atoms with Crippen LogP contribution in [0.4, 0.5) is 0 Å². The predicted molar refractivity (Wildman–Crippen MR) is 119 cm³/mol. The Kier molecular flexibility index (Phi) is 6.13. The molecule has 1 aliphatic carbocycles. The van der Waals surface area contributed by atoms with E-state index in [1.165, 1.54) is 5.56 Å². The van der Waals surface area contributed by atoms with Crippen molar-refractivity contribution in [2.75, 3.05) is 13.6 Å². The number of nitrogens with one attached hydrogen (secondary N) is 1. The van der Waals surface area contributed by atoms with Gasteiger partial charge < -0.3 is 15.3 Å². The molecule has 1 aromatic rings. The summed E-state index contributed by atoms with van der Waals surface area (Å²) in [6.45, 7) is 8.86. The molecular formula is C24H31ClN2O2. The van der Waals surface area contributed by atoms with Gasteiger partial charge in [0.2, 0.25) is 5.91 Å². The highest BCUT2D eigenvalue weighted by atomic mass is 35.5. The summed E-state index contributed by atoms with van der Waals surface area (Å²) < 4.78 is 0. The Morgan fingerprint density at radius 2 is 1.93 bits per heavy atom. The van der Waals surface area contributed by atoms with Gasteiger partial charge in [0.1, 0.15) is 5.76 Å². The van der Waals surface area contributed by atoms with Crippen LogP contribution in [0.5, 0.6) is 0 Å². The van der Waals surface area contributed by atoms with E-state index >= 15 is 0 Å². The molecule has 156 valence electrons. The highest BCUT2D eigenvalue weighted by molar-refractivity contribution is 6.23. The van der Waals surface area contributed by atoms with Gasteiger partial charge in [-0.25, -0.2) is 0 Å². The molecule has 1 heterocycles. The zero-order valence-electron chi connectivity index (χ0n) is 17.9. The van der Waals surface area contributed by atoms with Crippen LogP contribution in [0.2, 0.25) is 0 Å². The average molecular weight is 415 g/mol. The largest absolute Gasteiger partial charge is 0.506 e. The number of hydrogen-bond acceptors (Lipinski definition) is 3. The minimum atomic E-state index is -0.483. The molecule has 4 nitrogen and oxygen atoms in total. The van der Waals surface area contributed by atoms with Gasteiger partial charge in [0, 0.05) is 31.0 Å². The second kappa shape index (κ2) is 8.27. The quantitative estimate of drug-likeness (QED) is 0.514. The summed E-state index contributed by atoms with van der Waals surface area (Å²) in [4.78, 5) is 14.3. The molecule has 3 rings (SSSR count). The van der Waals surface area contributed by atoms with Gasteiger partial charge in [0.25, 0.3) is 0 Å². The molecule has 0 fully saturated rings. The van der Waals surface area contributed by atoms with Crippen molar-refractivity contribution in [3.63, 3.8) is 0 Å². The predicted octanol–water partition coefficient (Wildman–Crippen LogP) is 5.20. The fourth-order valence-corrected chi connectivity index (χ4v) is 4.46. The van der Waals surface area contributed by atoms with Gasteiger partial charge in [-0.2, -0.15) is 0 Å². The number of likely N-dealkylation sites (N-methyl/N-ethyl adjacent to an activating group) is 1. The number of nitrogens with zero attached hydrogens (tertiary/aromatic N) is 1. The zero-order chi connectivity index (χ0) is 21.3. The van der Waals surface area contributed by atoms with E-state index in [1.54, 1.807) is 0 Å². The number of fused-ring (bicyclic) bond motifs is 1. The van der Waals surface area contributed by atoms with Gasteiger partial charge in [-0.1, -0.05) is 63.3 Å². The Morgan fingerprint density at radius 1 is 1.31 bits per heavy atom. The molecule has 0 saturated carbocycles. The van der Waals surface area contributed by atoms with Gasteiger partial charge in [-0.05, 0) is 24.0 Å². The Labute approximate surface area is 178 Å². The van der Waals surface area contributed by atoms with Crippen molar-refractivity contribution in [1.82, 2.24) is 10.2 Å². The summed E-state index contributed by atoms with van der Waals surface area (Å²) in [5, 5.41) is 14.0. The van der Waals surface area contributed by atoms with Crippen molar-refractivity contribution in [3.05, 3.63) is 70.6 Å². The number of hydrogen-bond donors (Lipinski definition) is 2. The van der Waals surface area contributed by atoms with Crippen LogP contribution in [0.3, 0.4) is 0 Å². The summed E-state index contributed by atoms with van der Waals surface area (Å²) in [5.74, 6) is 0.552. The topological polar surface area (TPSA) is 52.6 Å². The maximum absolute atomic E-state index is 12.3. The summed E-state index contributed by atoms with van der Waals surface area (Å²) in [6.07, 6.45) is 6.41. The van der Waals surface area contributed by atoms with Gasteiger partial charge in [0.15, 0.2) is 0 Å². The first kappa shape index (κ1) is 21.5. The first-order chi connectivity index (χ1) is 13.7. The van der Waals surface area contributed by atoms with Gasteiger partial charge in [-0.15, -0.1) is 11.6 Å². The van der Waals surface area contributed by atoms with Crippen molar-refractivity contribution < 1.29 is 9.90 Å². The molecule has 2 aliphatic rings. The Hall–Kier alpha value is -2.20. The molecule has 0 radical (unpaired) electrons. The van der Waals surface area contributed by atoms with E-state index in [9.17, 15) is 9.90 Å². The lowest BCUT2D eigenvalue weighted by molar-refractivity contribution is -0.121. The summed E-state index contributed by atoms with van der Waals surface area (Å²) >= 11 is 6.81. The molecule has 3 unspecified atom stereocenters. The van der Waals surface area contributed by atoms with E-state index < -0.39 is 11.5 Å². The number of halogens is 1. The second-order valence-electron chi connectivity index (χ2n) is 8.46. The smallest absolute Gasteiger partial charge is 0.220 e. The fourth-order valence-electron chi connectivity index (χ4n) is 4.15. The number of alkyl halides is 1. The minimum Gasteiger partial charge on any atom is -0.506 e. The number of allylic oxidation sites excluding steroid dienone is 2. The summed E-state index contributed by atoms with van der Waals surface area (Å²) in [7, 11) is 1.96. The molecule has 0 saturated heterocycles. The molecule has 29 heavy (non-hydrogen) atoms. The zero-order valence-corrected chi connectivity index (χ0v) is 18.6. The monoisotopic (exact) mass is 414 g/mol. The molecule has 1 aliphatic heterocycles. The average Bonchev–Trinajstić information content (AvgIpc) is 2.69. The standard InChI is InChI=1S/C24H31ClN2O2/c1-6-20(28)26-21(17-10-8-16(9-11-17)15(2)3)18-14-19(25)24(4)12-7-13-27(5)23(24)22(18)29/h7-12,14-15,19,21,29H,6,13H2,1-5H3,(H,26,28). The van der Waals surface area contributed by atoms with Gasteiger partial charge >= 0.3 is 0 Å². The Morgan fingerprint density at radius 3 is 2.52 bits per heavy atom. The lowest BCUT2D eigenvalue weighted by Crippen LogP contribution is -2.43. The number of aliphatic hydroxyl groups is 1. The van der Waals surface area contributed by atoms with E-state index in [4.69, 9.17) is 11.6 Å². The number of benzene rings is 1. The van der Waals surface area contributed by atoms with Crippen LogP contribution >= 0.6 is 11.6 Å². The van der Waals surface area contributed by atoms with Crippen molar-refractivity contribution in [3.8, 4) is 0 Å². The van der Waals surface area contributed by atoms with Crippen LogP contribution < -0.4 is 5.32 Å². The number of amides is 1. The maximum Gasteiger partial charge on any atom is 0.220 e. The van der Waals surface area contributed by atoms with E-state index in [2.05, 4.69) is 43.4 Å². The third kappa shape index (κ3) is 3.95. The van der Waals surface area contributed by atoms with Crippen LogP contribution in [0.15, 0.2) is 59.5 Å². The van der Waals surface area contributed by atoms with Crippen molar-refractivity contribution >= 4 is 17.5 Å². The third-order valence-corrected chi connectivity index (χ3v) is 6.59. The first-order valence-electron chi connectivity index (χ1n) is 10.3. The molecule has 2 N–H and O–H groups in total. The number of carbonyl (C=O) groups is 1. The Bertz CT molecular complexity index is 869. The normalized spacial score (nSPS) is 25.0. The van der Waals surface area contributed by atoms with Gasteiger partial charge in [-0.3, -0.25) is 4.79 Å². The van der Waals surface area contributed by atoms with Gasteiger partial charge in [0.05, 0.1) is 17.1 Å². The lowest BCUT2D eigenvalue weighted by Gasteiger charge is -2.44. The van der Waals surface area contributed by atoms with Crippen LogP contribution in [0.25, 0.3) is 0 Å². The van der Waals surface area contributed by atoms with E-state index in [0.717, 1.165) is 11.3 Å². The van der Waals surface area contributed by atoms with Crippen molar-refractivity contribution in [1.29, 1.82) is 0 Å². The SMILES string of the molecule is CCC(=O)NC(C1=CC(Cl)C2(C)C=CCN(C)C2=C1O)c1ccc(C(C)C)cc1. The summed E-state index contributed by atoms with van der Waals surface area (Å²) in [6, 6.07) is 7.75. The minimum absolute atomic E-state index is 0.0713. The molecule has 0 bridgehead atoms. The maximum atomic E-state index is 12.3. The second-order valence-corrected chi connectivity index (χ2v) is 8.93. The molecule has 1 aromatic carbocycles. The van der Waals surface area contributed by atoms with Crippen LogP contribution in [0.1, 0.15) is 57.2 Å². The highest BCUT2D eigenvalue weighted by Crippen LogP contribution is 2.48. The molecule has 1 amide bonds. The molecule has 0 aromatic heterocycles. The Balaban J connectivity index is 2.09. The van der Waals surface area contributed by atoms with E-state index in [-0.39, 0.29) is 17.0 Å². The van der Waals surface area contributed by atoms with E-state index in [1.807, 2.05) is 44.0 Å². The van der Waals surface area contributed by atoms with Crippen molar-refractivity contribution in [2.45, 2.75) is 51.5 Å². The molecule has 0 spiro atoms. The van der Waals surface area contributed by atoms with E-state index in [0.29, 0.717) is 24.5 Å². The molecular weight excluding hydrogens is 384 g/mol. The highest BCUT2D eigenvalue weighted by Gasteiger charge is 2.44. The van der Waals surface area contributed by atoms with Crippen molar-refractivity contribution in [2.24, 2.45) is 5.41 Å². The molecule has 5 heteroatoms. The number of rotatable bonds is 5. The van der Waals surface area contributed by atoms with Crippen LogP contribution in [-0.2, 0) is 4.79 Å². The lowest BCUT2D eigenvalue weighted by atomic mass is 9.73. The number of aliphatic hydroxyl groups excluding tert-OH is 1. The third-order valence-electron chi connectivity index (χ3n) is 6.01. The number of carbonyl (C=O) groups excluding carboxylic acids is 1. The fraction of sp³-hybridized carbons (Fsp3) is 0.458. The summed E-state index contributed by atoms with van der Waals surface area (Å²) in [5.41, 5.74) is 3.12.